The van der Waals surface area contributed by atoms with Crippen molar-refractivity contribution in [1.82, 2.24) is 24.9 Å². The van der Waals surface area contributed by atoms with E-state index in [-0.39, 0.29) is 23.9 Å². The molecule has 1 atom stereocenters. The number of fused-ring (bicyclic) bond motifs is 1. The number of likely N-dealkylation sites (tertiary alicyclic amines) is 2. The lowest BCUT2D eigenvalue weighted by molar-refractivity contribution is -0.127. The van der Waals surface area contributed by atoms with Crippen LogP contribution >= 0.6 is 0 Å². The van der Waals surface area contributed by atoms with Gasteiger partial charge in [0.25, 0.3) is 0 Å². The molecule has 170 valence electrons. The van der Waals surface area contributed by atoms with E-state index in [1.165, 1.54) is 16.8 Å². The molecule has 3 heterocycles. The monoisotopic (exact) mass is 435 g/mol. The largest absolute Gasteiger partial charge is 0.349 e. The topological polar surface area (TPSA) is 70.5 Å². The molecule has 2 fully saturated rings. The van der Waals surface area contributed by atoms with Gasteiger partial charge in [-0.1, -0.05) is 30.3 Å². The molecule has 2 aromatic rings. The molecule has 1 aromatic carbocycles. The van der Waals surface area contributed by atoms with Gasteiger partial charge in [-0.15, -0.1) is 0 Å². The van der Waals surface area contributed by atoms with E-state index < -0.39 is 0 Å². The maximum absolute atomic E-state index is 13.1. The van der Waals surface area contributed by atoms with Crippen molar-refractivity contribution in [3.63, 3.8) is 0 Å². The quantitative estimate of drug-likeness (QED) is 0.801. The number of benzene rings is 1. The van der Waals surface area contributed by atoms with Crippen molar-refractivity contribution < 1.29 is 9.59 Å². The summed E-state index contributed by atoms with van der Waals surface area (Å²) in [6.45, 7) is 3.87. The van der Waals surface area contributed by atoms with Crippen molar-refractivity contribution in [1.29, 1.82) is 0 Å². The lowest BCUT2D eigenvalue weighted by Crippen LogP contribution is -2.48. The van der Waals surface area contributed by atoms with Crippen molar-refractivity contribution in [3.05, 3.63) is 53.3 Å². The number of nitrogens with zero attached hydrogens (tertiary/aromatic N) is 4. The molecule has 2 aliphatic heterocycles. The summed E-state index contributed by atoms with van der Waals surface area (Å²) < 4.78 is 2.09. The normalized spacial score (nSPS) is 21.4. The second kappa shape index (κ2) is 9.35. The van der Waals surface area contributed by atoms with Crippen LogP contribution in [0.2, 0.25) is 0 Å². The Morgan fingerprint density at radius 2 is 1.66 bits per heavy atom. The lowest BCUT2D eigenvalue weighted by Gasteiger charge is -2.34. The maximum Gasteiger partial charge on any atom is 0.319 e. The molecule has 0 bridgehead atoms. The number of piperidine rings is 1. The highest BCUT2D eigenvalue weighted by atomic mass is 16.2. The first-order valence-electron chi connectivity index (χ1n) is 12.1. The van der Waals surface area contributed by atoms with Crippen molar-refractivity contribution in [3.8, 4) is 0 Å². The third-order valence-corrected chi connectivity index (χ3v) is 7.27. The number of aromatic nitrogens is 2. The van der Waals surface area contributed by atoms with Gasteiger partial charge in [0.15, 0.2) is 0 Å². The Morgan fingerprint density at radius 1 is 0.938 bits per heavy atom. The number of rotatable bonds is 4. The van der Waals surface area contributed by atoms with Crippen LogP contribution in [-0.4, -0.2) is 57.7 Å². The average molecular weight is 436 g/mol. The van der Waals surface area contributed by atoms with Crippen molar-refractivity contribution in [2.45, 2.75) is 57.5 Å². The molecular weight excluding hydrogens is 402 g/mol. The SMILES string of the molecule is O=C(NC1CCCc2c1cnn2Cc1ccccc1)C1CCN(C(=O)N2CCCC2)CC1. The zero-order valence-electron chi connectivity index (χ0n) is 18.7. The zero-order valence-corrected chi connectivity index (χ0v) is 18.7. The van der Waals surface area contributed by atoms with Crippen LogP contribution in [0.4, 0.5) is 4.79 Å². The summed E-state index contributed by atoms with van der Waals surface area (Å²) in [4.78, 5) is 29.5. The minimum atomic E-state index is -0.0117. The van der Waals surface area contributed by atoms with Gasteiger partial charge in [0.2, 0.25) is 5.91 Å². The summed E-state index contributed by atoms with van der Waals surface area (Å²) >= 11 is 0. The molecule has 0 saturated carbocycles. The minimum absolute atomic E-state index is 0.0117. The van der Waals surface area contributed by atoms with Gasteiger partial charge in [0.1, 0.15) is 0 Å². The van der Waals surface area contributed by atoms with E-state index in [1.54, 1.807) is 0 Å². The number of hydrogen-bond donors (Lipinski definition) is 1. The van der Waals surface area contributed by atoms with Crippen LogP contribution in [0.1, 0.15) is 61.4 Å². The summed E-state index contributed by atoms with van der Waals surface area (Å²) in [5, 5.41) is 7.96. The van der Waals surface area contributed by atoms with Gasteiger partial charge in [-0.3, -0.25) is 9.48 Å². The Morgan fingerprint density at radius 3 is 2.41 bits per heavy atom. The fourth-order valence-electron chi connectivity index (χ4n) is 5.39. The van der Waals surface area contributed by atoms with Gasteiger partial charge in [0.05, 0.1) is 18.8 Å². The molecular formula is C25H33N5O2. The number of hydrogen-bond acceptors (Lipinski definition) is 3. The molecule has 1 aliphatic carbocycles. The molecule has 1 unspecified atom stereocenters. The summed E-state index contributed by atoms with van der Waals surface area (Å²) in [6, 6.07) is 10.6. The lowest BCUT2D eigenvalue weighted by atomic mass is 9.91. The minimum Gasteiger partial charge on any atom is -0.349 e. The Balaban J connectivity index is 1.18. The van der Waals surface area contributed by atoms with Gasteiger partial charge >= 0.3 is 6.03 Å². The molecule has 0 radical (unpaired) electrons. The van der Waals surface area contributed by atoms with Crippen LogP contribution in [0, 0.1) is 5.92 Å². The number of amides is 3. The molecule has 1 N–H and O–H groups in total. The molecule has 2 saturated heterocycles. The van der Waals surface area contributed by atoms with Crippen molar-refractivity contribution in [2.24, 2.45) is 5.92 Å². The number of carbonyl (C=O) groups is 2. The van der Waals surface area contributed by atoms with Gasteiger partial charge < -0.3 is 15.1 Å². The van der Waals surface area contributed by atoms with Crippen molar-refractivity contribution in [2.75, 3.05) is 26.2 Å². The third kappa shape index (κ3) is 4.38. The summed E-state index contributed by atoms with van der Waals surface area (Å²) in [5.74, 6) is 0.120. The fraction of sp³-hybridized carbons (Fsp3) is 0.560. The van der Waals surface area contributed by atoms with Crippen LogP contribution in [0.15, 0.2) is 36.5 Å². The number of urea groups is 1. The standard InChI is InChI=1S/C25H33N5O2/c31-24(20-11-15-29(16-12-20)25(32)28-13-4-5-14-28)27-22-9-6-10-23-21(22)17-26-30(23)18-19-7-2-1-3-8-19/h1-3,7-8,17,20,22H,4-6,9-16,18H2,(H,27,31). The van der Waals surface area contributed by atoms with Gasteiger partial charge in [-0.2, -0.15) is 5.10 Å². The van der Waals surface area contributed by atoms with E-state index >= 15 is 0 Å². The number of carbonyl (C=O) groups excluding carboxylic acids is 2. The third-order valence-electron chi connectivity index (χ3n) is 7.27. The molecule has 3 aliphatic rings. The second-order valence-corrected chi connectivity index (χ2v) is 9.38. The summed E-state index contributed by atoms with van der Waals surface area (Å²) in [6.07, 6.45) is 8.68. The average Bonchev–Trinajstić information content (AvgIpc) is 3.51. The maximum atomic E-state index is 13.1. The predicted octanol–water partition coefficient (Wildman–Crippen LogP) is 3.35. The fourth-order valence-corrected chi connectivity index (χ4v) is 5.39. The van der Waals surface area contributed by atoms with Crippen LogP contribution in [-0.2, 0) is 17.8 Å². The molecule has 32 heavy (non-hydrogen) atoms. The van der Waals surface area contributed by atoms with Gasteiger partial charge in [0, 0.05) is 43.4 Å². The smallest absolute Gasteiger partial charge is 0.319 e. The molecule has 7 heteroatoms. The molecule has 3 amide bonds. The van der Waals surface area contributed by atoms with Crippen LogP contribution < -0.4 is 5.32 Å². The summed E-state index contributed by atoms with van der Waals surface area (Å²) in [7, 11) is 0. The Hall–Kier alpha value is -2.83. The van der Waals surface area contributed by atoms with E-state index in [4.69, 9.17) is 0 Å². The van der Waals surface area contributed by atoms with E-state index in [0.29, 0.717) is 13.1 Å². The number of nitrogens with one attached hydrogen (secondary N) is 1. The van der Waals surface area contributed by atoms with E-state index in [0.717, 1.165) is 64.6 Å². The highest BCUT2D eigenvalue weighted by molar-refractivity contribution is 5.80. The first kappa shape index (κ1) is 21.0. The van der Waals surface area contributed by atoms with Crippen LogP contribution in [0.5, 0.6) is 0 Å². The predicted molar refractivity (Wildman–Crippen MR) is 122 cm³/mol. The van der Waals surface area contributed by atoms with E-state index in [1.807, 2.05) is 22.1 Å². The first-order valence-corrected chi connectivity index (χ1v) is 12.1. The zero-order chi connectivity index (χ0) is 21.9. The highest BCUT2D eigenvalue weighted by Crippen LogP contribution is 2.31. The highest BCUT2D eigenvalue weighted by Gasteiger charge is 2.32. The molecule has 0 spiro atoms. The van der Waals surface area contributed by atoms with Crippen molar-refractivity contribution >= 4 is 11.9 Å². The van der Waals surface area contributed by atoms with Crippen LogP contribution in [0.25, 0.3) is 0 Å². The first-order chi connectivity index (χ1) is 15.7. The summed E-state index contributed by atoms with van der Waals surface area (Å²) in [5.41, 5.74) is 3.65. The Bertz CT molecular complexity index is 942. The Kier molecular flexibility index (Phi) is 6.14. The van der Waals surface area contributed by atoms with E-state index in [2.05, 4.69) is 39.4 Å². The van der Waals surface area contributed by atoms with Gasteiger partial charge in [-0.05, 0) is 50.5 Å². The Labute approximate surface area is 189 Å². The van der Waals surface area contributed by atoms with E-state index in [9.17, 15) is 9.59 Å². The molecule has 5 rings (SSSR count). The second-order valence-electron chi connectivity index (χ2n) is 9.38. The van der Waals surface area contributed by atoms with Gasteiger partial charge in [-0.25, -0.2) is 4.79 Å². The molecule has 1 aromatic heterocycles. The molecule has 7 nitrogen and oxygen atoms in total. The van der Waals surface area contributed by atoms with Crippen LogP contribution in [0.3, 0.4) is 0 Å².